The fourth-order valence-electron chi connectivity index (χ4n) is 3.66. The Labute approximate surface area is 145 Å². The topological polar surface area (TPSA) is 0 Å². The minimum Gasteiger partial charge on any atom is -0.134 e. The minimum atomic E-state index is 1.29. The summed E-state index contributed by atoms with van der Waals surface area (Å²) < 4.78 is 2.80. The zero-order valence-electron chi connectivity index (χ0n) is 13.4. The fraction of sp³-hybridized carbons (Fsp3) is 0.0435. The predicted molar refractivity (Wildman–Crippen MR) is 107 cm³/mol. The summed E-state index contributed by atoms with van der Waals surface area (Å²) in [6.07, 6.45) is 0. The maximum Gasteiger partial charge on any atom is 0.0434 e. The highest BCUT2D eigenvalue weighted by Gasteiger charge is 2.14. The molecule has 0 aliphatic carbocycles. The molecule has 0 aliphatic heterocycles. The van der Waals surface area contributed by atoms with Gasteiger partial charge in [0, 0.05) is 20.2 Å². The van der Waals surface area contributed by atoms with Crippen LogP contribution in [0.5, 0.6) is 0 Å². The quantitative estimate of drug-likeness (QED) is 0.306. The highest BCUT2D eigenvalue weighted by atomic mass is 32.1. The lowest BCUT2D eigenvalue weighted by Gasteiger charge is -2.04. The molecule has 1 heteroatoms. The summed E-state index contributed by atoms with van der Waals surface area (Å²) >= 11 is 1.92. The Bertz CT molecular complexity index is 1200. The Morgan fingerprint density at radius 1 is 0.667 bits per heavy atom. The molecule has 0 unspecified atom stereocenters. The van der Waals surface area contributed by atoms with Crippen LogP contribution in [-0.4, -0.2) is 0 Å². The Balaban J connectivity index is 1.99. The van der Waals surface area contributed by atoms with E-state index in [9.17, 15) is 0 Å². The molecule has 4 aromatic carbocycles. The van der Waals surface area contributed by atoms with E-state index in [2.05, 4.69) is 85.8 Å². The van der Waals surface area contributed by atoms with Crippen LogP contribution < -0.4 is 0 Å². The van der Waals surface area contributed by atoms with E-state index in [0.29, 0.717) is 0 Å². The van der Waals surface area contributed by atoms with Crippen LogP contribution in [0.1, 0.15) is 5.56 Å². The maximum absolute atomic E-state index is 2.31. The van der Waals surface area contributed by atoms with Crippen molar-refractivity contribution in [3.63, 3.8) is 0 Å². The van der Waals surface area contributed by atoms with Crippen molar-refractivity contribution in [3.8, 4) is 11.1 Å². The first-order valence-electron chi connectivity index (χ1n) is 8.22. The number of hydrogen-bond donors (Lipinski definition) is 0. The molecule has 114 valence electrons. The molecular formula is C23H16S. The second-order valence-electron chi connectivity index (χ2n) is 6.27. The normalized spacial score (nSPS) is 11.5. The van der Waals surface area contributed by atoms with Gasteiger partial charge in [0.2, 0.25) is 0 Å². The van der Waals surface area contributed by atoms with Crippen molar-refractivity contribution in [1.82, 2.24) is 0 Å². The van der Waals surface area contributed by atoms with Gasteiger partial charge >= 0.3 is 0 Å². The second kappa shape index (κ2) is 5.19. The third-order valence-corrected chi connectivity index (χ3v) is 6.13. The van der Waals surface area contributed by atoms with Crippen LogP contribution in [0.3, 0.4) is 0 Å². The maximum atomic E-state index is 2.31. The number of fused-ring (bicyclic) bond motifs is 5. The van der Waals surface area contributed by atoms with E-state index in [0.717, 1.165) is 0 Å². The van der Waals surface area contributed by atoms with Crippen molar-refractivity contribution in [2.75, 3.05) is 0 Å². The molecule has 0 atom stereocenters. The third kappa shape index (κ3) is 1.92. The highest BCUT2D eigenvalue weighted by molar-refractivity contribution is 7.26. The molecule has 0 N–H and O–H groups in total. The SMILES string of the molecule is Cc1cc2ccccc2c2c1sc1c(-c3ccccc3)cccc12. The molecule has 0 nitrogen and oxygen atoms in total. The van der Waals surface area contributed by atoms with Crippen LogP contribution in [0.25, 0.3) is 42.1 Å². The van der Waals surface area contributed by atoms with Crippen LogP contribution in [0.15, 0.2) is 78.9 Å². The van der Waals surface area contributed by atoms with Crippen LogP contribution in [-0.2, 0) is 0 Å². The van der Waals surface area contributed by atoms with E-state index in [4.69, 9.17) is 0 Å². The molecule has 0 saturated carbocycles. The van der Waals surface area contributed by atoms with Crippen molar-refractivity contribution in [2.24, 2.45) is 0 Å². The summed E-state index contributed by atoms with van der Waals surface area (Å²) in [4.78, 5) is 0. The summed E-state index contributed by atoms with van der Waals surface area (Å²) in [6.45, 7) is 2.23. The zero-order valence-corrected chi connectivity index (χ0v) is 14.2. The first-order chi connectivity index (χ1) is 11.8. The van der Waals surface area contributed by atoms with Gasteiger partial charge in [-0.25, -0.2) is 0 Å². The van der Waals surface area contributed by atoms with E-state index in [-0.39, 0.29) is 0 Å². The van der Waals surface area contributed by atoms with Crippen molar-refractivity contribution < 1.29 is 0 Å². The Hall–Kier alpha value is -2.64. The highest BCUT2D eigenvalue weighted by Crippen LogP contribution is 2.43. The third-order valence-electron chi connectivity index (χ3n) is 4.76. The van der Waals surface area contributed by atoms with Crippen molar-refractivity contribution in [3.05, 3.63) is 84.4 Å². The summed E-state index contributed by atoms with van der Waals surface area (Å²) in [6, 6.07) is 28.4. The molecule has 24 heavy (non-hydrogen) atoms. The molecule has 0 spiro atoms. The van der Waals surface area contributed by atoms with Crippen LogP contribution in [0.2, 0.25) is 0 Å². The summed E-state index contributed by atoms with van der Waals surface area (Å²) in [5.41, 5.74) is 3.98. The molecule has 0 radical (unpaired) electrons. The van der Waals surface area contributed by atoms with Gasteiger partial charge in [-0.15, -0.1) is 11.3 Å². The number of thiophene rings is 1. The lowest BCUT2D eigenvalue weighted by atomic mass is 9.98. The second-order valence-corrected chi connectivity index (χ2v) is 7.29. The first-order valence-corrected chi connectivity index (χ1v) is 9.03. The Morgan fingerprint density at radius 3 is 2.29 bits per heavy atom. The van der Waals surface area contributed by atoms with E-state index in [1.165, 1.54) is 47.6 Å². The molecule has 1 heterocycles. The molecule has 0 bridgehead atoms. The van der Waals surface area contributed by atoms with Gasteiger partial charge in [0.25, 0.3) is 0 Å². The smallest absolute Gasteiger partial charge is 0.0434 e. The first kappa shape index (κ1) is 13.8. The average molecular weight is 324 g/mol. The average Bonchev–Trinajstić information content (AvgIpc) is 3.03. The van der Waals surface area contributed by atoms with Gasteiger partial charge in [-0.05, 0) is 40.5 Å². The monoisotopic (exact) mass is 324 g/mol. The molecule has 1 aromatic heterocycles. The van der Waals surface area contributed by atoms with Crippen molar-refractivity contribution in [2.45, 2.75) is 6.92 Å². The van der Waals surface area contributed by atoms with Crippen molar-refractivity contribution in [1.29, 1.82) is 0 Å². The van der Waals surface area contributed by atoms with Gasteiger partial charge in [0.05, 0.1) is 0 Å². The van der Waals surface area contributed by atoms with E-state index in [1.54, 1.807) is 0 Å². The Kier molecular flexibility index (Phi) is 2.97. The van der Waals surface area contributed by atoms with Gasteiger partial charge < -0.3 is 0 Å². The van der Waals surface area contributed by atoms with Gasteiger partial charge in [-0.2, -0.15) is 0 Å². The molecule has 0 aliphatic rings. The minimum absolute atomic E-state index is 1.29. The number of hydrogen-bond acceptors (Lipinski definition) is 1. The fourth-order valence-corrected chi connectivity index (χ4v) is 4.98. The van der Waals surface area contributed by atoms with E-state index >= 15 is 0 Å². The van der Waals surface area contributed by atoms with Crippen LogP contribution in [0.4, 0.5) is 0 Å². The van der Waals surface area contributed by atoms with E-state index < -0.39 is 0 Å². The van der Waals surface area contributed by atoms with Crippen LogP contribution in [0, 0.1) is 6.92 Å². The Morgan fingerprint density at radius 2 is 1.42 bits per heavy atom. The van der Waals surface area contributed by atoms with Gasteiger partial charge in [-0.3, -0.25) is 0 Å². The van der Waals surface area contributed by atoms with Gasteiger partial charge in [0.15, 0.2) is 0 Å². The molecule has 0 fully saturated rings. The molecule has 0 saturated heterocycles. The predicted octanol–water partition coefficient (Wildman–Crippen LogP) is 7.18. The molecular weight excluding hydrogens is 308 g/mol. The van der Waals surface area contributed by atoms with E-state index in [1.807, 2.05) is 11.3 Å². The summed E-state index contributed by atoms with van der Waals surface area (Å²) in [5.74, 6) is 0. The van der Waals surface area contributed by atoms with Crippen molar-refractivity contribution >= 4 is 42.3 Å². The number of rotatable bonds is 1. The van der Waals surface area contributed by atoms with Crippen LogP contribution >= 0.6 is 11.3 Å². The zero-order chi connectivity index (χ0) is 16.1. The largest absolute Gasteiger partial charge is 0.134 e. The number of benzene rings is 4. The number of aryl methyl sites for hydroxylation is 1. The van der Waals surface area contributed by atoms with Gasteiger partial charge in [-0.1, -0.05) is 72.8 Å². The van der Waals surface area contributed by atoms with Gasteiger partial charge in [0.1, 0.15) is 0 Å². The molecule has 5 rings (SSSR count). The lowest BCUT2D eigenvalue weighted by Crippen LogP contribution is -1.79. The molecule has 0 amide bonds. The lowest BCUT2D eigenvalue weighted by molar-refractivity contribution is 1.58. The summed E-state index contributed by atoms with van der Waals surface area (Å²) in [7, 11) is 0. The molecule has 5 aromatic rings. The summed E-state index contributed by atoms with van der Waals surface area (Å²) in [5, 5.41) is 5.46. The standard InChI is InChI=1S/C23H16S/c1-15-14-17-10-5-6-11-18(17)21-20-13-7-12-19(23(20)24-22(15)21)16-8-3-2-4-9-16/h2-14H,1H3.